The number of imidazole rings is 1. The van der Waals surface area contributed by atoms with Gasteiger partial charge in [0.25, 0.3) is 0 Å². The summed E-state index contributed by atoms with van der Waals surface area (Å²) in [6.45, 7) is 1.35. The first kappa shape index (κ1) is 17.0. The van der Waals surface area contributed by atoms with E-state index < -0.39 is 0 Å². The zero-order chi connectivity index (χ0) is 17.6. The second kappa shape index (κ2) is 7.85. The van der Waals surface area contributed by atoms with E-state index in [1.165, 1.54) is 6.07 Å². The first-order valence-corrected chi connectivity index (χ1v) is 8.03. The van der Waals surface area contributed by atoms with Crippen LogP contribution in [0.2, 0.25) is 0 Å². The molecule has 2 heterocycles. The molecule has 1 aromatic carbocycles. The third kappa shape index (κ3) is 3.83. The van der Waals surface area contributed by atoms with Gasteiger partial charge in [0.2, 0.25) is 5.95 Å². The summed E-state index contributed by atoms with van der Waals surface area (Å²) in [7, 11) is 3.54. The number of anilines is 1. The van der Waals surface area contributed by atoms with E-state index in [1.807, 2.05) is 17.8 Å². The average Bonchev–Trinajstić information content (AvgIpc) is 3.05. The van der Waals surface area contributed by atoms with Gasteiger partial charge in [-0.3, -0.25) is 0 Å². The van der Waals surface area contributed by atoms with Gasteiger partial charge in [-0.15, -0.1) is 0 Å². The van der Waals surface area contributed by atoms with Crippen LogP contribution in [0.1, 0.15) is 6.42 Å². The Bertz CT molecular complexity index is 849. The van der Waals surface area contributed by atoms with Crippen LogP contribution < -0.4 is 5.32 Å². The smallest absolute Gasteiger partial charge is 0.223 e. The molecule has 1 N–H and O–H groups in total. The van der Waals surface area contributed by atoms with Crippen molar-refractivity contribution in [2.75, 3.05) is 25.6 Å². The van der Waals surface area contributed by atoms with E-state index in [1.54, 1.807) is 37.7 Å². The van der Waals surface area contributed by atoms with Gasteiger partial charge in [0.1, 0.15) is 11.5 Å². The van der Waals surface area contributed by atoms with Gasteiger partial charge >= 0.3 is 0 Å². The number of benzene rings is 1. The van der Waals surface area contributed by atoms with Crippen LogP contribution in [0, 0.1) is 5.82 Å². The number of rotatable bonds is 7. The molecule has 0 atom stereocenters. The molecule has 0 aliphatic rings. The number of ether oxygens (including phenoxy) is 1. The van der Waals surface area contributed by atoms with Crippen molar-refractivity contribution in [2.24, 2.45) is 7.05 Å². The number of nitrogens with one attached hydrogen (secondary N) is 1. The molecule has 0 unspecified atom stereocenters. The molecule has 25 heavy (non-hydrogen) atoms. The maximum absolute atomic E-state index is 14.3. The maximum Gasteiger partial charge on any atom is 0.223 e. The fourth-order valence-corrected chi connectivity index (χ4v) is 2.52. The normalized spacial score (nSPS) is 10.8. The molecule has 0 aliphatic carbocycles. The van der Waals surface area contributed by atoms with E-state index in [4.69, 9.17) is 4.74 Å². The van der Waals surface area contributed by atoms with Crippen LogP contribution in [0.25, 0.3) is 22.6 Å². The molecule has 0 saturated carbocycles. The Kier molecular flexibility index (Phi) is 5.35. The van der Waals surface area contributed by atoms with Gasteiger partial charge in [-0.1, -0.05) is 18.2 Å². The predicted octanol–water partition coefficient (Wildman–Crippen LogP) is 3.13. The Hall–Kier alpha value is -2.80. The molecule has 0 bridgehead atoms. The molecule has 0 amide bonds. The number of halogens is 1. The summed E-state index contributed by atoms with van der Waals surface area (Å²) in [6.07, 6.45) is 5.99. The molecule has 0 spiro atoms. The van der Waals surface area contributed by atoms with Gasteiger partial charge in [-0.05, 0) is 12.5 Å². The van der Waals surface area contributed by atoms with Crippen LogP contribution in [0.4, 0.5) is 10.3 Å². The van der Waals surface area contributed by atoms with E-state index in [9.17, 15) is 4.39 Å². The lowest BCUT2D eigenvalue weighted by Gasteiger charge is -2.12. The first-order chi connectivity index (χ1) is 12.2. The molecule has 0 aliphatic heterocycles. The fourth-order valence-electron chi connectivity index (χ4n) is 2.52. The molecule has 130 valence electrons. The largest absolute Gasteiger partial charge is 0.385 e. The molecule has 3 aromatic rings. The van der Waals surface area contributed by atoms with Crippen LogP contribution in [0.15, 0.2) is 42.9 Å². The SMILES string of the molecule is COCCCNc1ncc(-c2ccccc2F)c(-c2nccn2C)n1. The number of aryl methyl sites for hydroxylation is 1. The van der Waals surface area contributed by atoms with Crippen molar-refractivity contribution in [3.63, 3.8) is 0 Å². The Morgan fingerprint density at radius 1 is 1.20 bits per heavy atom. The van der Waals surface area contributed by atoms with Gasteiger partial charge < -0.3 is 14.6 Å². The third-order valence-corrected chi connectivity index (χ3v) is 3.79. The lowest BCUT2D eigenvalue weighted by molar-refractivity contribution is 0.197. The molecule has 0 saturated heterocycles. The number of hydrogen-bond acceptors (Lipinski definition) is 5. The quantitative estimate of drug-likeness (QED) is 0.669. The molecule has 7 heteroatoms. The molecule has 0 fully saturated rings. The van der Waals surface area contributed by atoms with Gasteiger partial charge in [-0.25, -0.2) is 19.3 Å². The van der Waals surface area contributed by atoms with Crippen molar-refractivity contribution in [1.29, 1.82) is 0 Å². The van der Waals surface area contributed by atoms with Gasteiger partial charge in [0.05, 0.1) is 0 Å². The molecule has 6 nitrogen and oxygen atoms in total. The Morgan fingerprint density at radius 2 is 2.04 bits per heavy atom. The van der Waals surface area contributed by atoms with E-state index in [2.05, 4.69) is 20.3 Å². The zero-order valence-electron chi connectivity index (χ0n) is 14.2. The van der Waals surface area contributed by atoms with Gasteiger partial charge in [0, 0.05) is 57.0 Å². The van der Waals surface area contributed by atoms with Crippen LogP contribution in [0.5, 0.6) is 0 Å². The summed E-state index contributed by atoms with van der Waals surface area (Å²) >= 11 is 0. The summed E-state index contributed by atoms with van der Waals surface area (Å²) < 4.78 is 21.2. The van der Waals surface area contributed by atoms with E-state index in [0.717, 1.165) is 6.42 Å². The number of aromatic nitrogens is 4. The van der Waals surface area contributed by atoms with Gasteiger partial charge in [-0.2, -0.15) is 0 Å². The topological polar surface area (TPSA) is 64.9 Å². The summed E-state index contributed by atoms with van der Waals surface area (Å²) in [6, 6.07) is 6.59. The maximum atomic E-state index is 14.3. The summed E-state index contributed by atoms with van der Waals surface area (Å²) in [5.41, 5.74) is 1.64. The summed E-state index contributed by atoms with van der Waals surface area (Å²) in [4.78, 5) is 13.3. The fraction of sp³-hybridized carbons (Fsp3) is 0.278. The molecular weight excluding hydrogens is 321 g/mol. The zero-order valence-corrected chi connectivity index (χ0v) is 14.2. The first-order valence-electron chi connectivity index (χ1n) is 8.03. The van der Waals surface area contributed by atoms with Crippen molar-refractivity contribution in [1.82, 2.24) is 19.5 Å². The molecular formula is C18H20FN5O. The Labute approximate surface area is 145 Å². The second-order valence-corrected chi connectivity index (χ2v) is 5.57. The highest BCUT2D eigenvalue weighted by molar-refractivity contribution is 5.78. The van der Waals surface area contributed by atoms with Crippen LogP contribution in [-0.2, 0) is 11.8 Å². The highest BCUT2D eigenvalue weighted by atomic mass is 19.1. The predicted molar refractivity (Wildman–Crippen MR) is 94.6 cm³/mol. The van der Waals surface area contributed by atoms with E-state index in [0.29, 0.717) is 41.7 Å². The van der Waals surface area contributed by atoms with E-state index >= 15 is 0 Å². The minimum absolute atomic E-state index is 0.317. The number of methoxy groups -OCH3 is 1. The van der Waals surface area contributed by atoms with Crippen LogP contribution in [-0.4, -0.2) is 39.8 Å². The van der Waals surface area contributed by atoms with Crippen LogP contribution in [0.3, 0.4) is 0 Å². The summed E-state index contributed by atoms with van der Waals surface area (Å²) in [5, 5.41) is 3.16. The second-order valence-electron chi connectivity index (χ2n) is 5.57. The Morgan fingerprint density at radius 3 is 2.76 bits per heavy atom. The van der Waals surface area contributed by atoms with Crippen molar-refractivity contribution >= 4 is 5.95 Å². The summed E-state index contributed by atoms with van der Waals surface area (Å²) in [5.74, 6) is 0.817. The van der Waals surface area contributed by atoms with Crippen molar-refractivity contribution in [3.05, 3.63) is 48.7 Å². The Balaban J connectivity index is 2.00. The number of nitrogens with zero attached hydrogens (tertiary/aromatic N) is 4. The van der Waals surface area contributed by atoms with Gasteiger partial charge in [0.15, 0.2) is 5.82 Å². The van der Waals surface area contributed by atoms with Crippen LogP contribution >= 0.6 is 0 Å². The standard InChI is InChI=1S/C18H20FN5O/c1-24-10-9-20-17(24)16-14(13-6-3-4-7-15(13)19)12-22-18(23-16)21-8-5-11-25-2/h3-4,6-7,9-10,12H,5,8,11H2,1-2H3,(H,21,22,23). The van der Waals surface area contributed by atoms with Crippen molar-refractivity contribution in [3.8, 4) is 22.6 Å². The average molecular weight is 341 g/mol. The number of hydrogen-bond donors (Lipinski definition) is 1. The highest BCUT2D eigenvalue weighted by Gasteiger charge is 2.17. The lowest BCUT2D eigenvalue weighted by atomic mass is 10.0. The molecule has 3 rings (SSSR count). The lowest BCUT2D eigenvalue weighted by Crippen LogP contribution is -2.09. The van der Waals surface area contributed by atoms with Crippen molar-refractivity contribution in [2.45, 2.75) is 6.42 Å². The molecule has 2 aromatic heterocycles. The third-order valence-electron chi connectivity index (χ3n) is 3.79. The molecule has 0 radical (unpaired) electrons. The monoisotopic (exact) mass is 341 g/mol. The minimum Gasteiger partial charge on any atom is -0.385 e. The highest BCUT2D eigenvalue weighted by Crippen LogP contribution is 2.31. The van der Waals surface area contributed by atoms with Crippen molar-refractivity contribution < 1.29 is 9.13 Å². The van der Waals surface area contributed by atoms with E-state index in [-0.39, 0.29) is 5.82 Å². The minimum atomic E-state index is -0.317.